The van der Waals surface area contributed by atoms with Crippen LogP contribution in [0.5, 0.6) is 0 Å². The minimum absolute atomic E-state index is 0.0526. The Morgan fingerprint density at radius 3 is 2.27 bits per heavy atom. The van der Waals surface area contributed by atoms with Gasteiger partial charge in [-0.15, -0.1) is 3.89 Å². The van der Waals surface area contributed by atoms with Crippen LogP contribution in [0.1, 0.15) is 5.56 Å². The SMILES string of the molecule is O=S(=O)(F)CCc1cc(F)c(F)cc1Cl. The zero-order valence-electron chi connectivity index (χ0n) is 7.31. The molecule has 0 saturated heterocycles. The van der Waals surface area contributed by atoms with E-state index in [1.807, 2.05) is 0 Å². The van der Waals surface area contributed by atoms with E-state index < -0.39 is 27.6 Å². The highest BCUT2D eigenvalue weighted by molar-refractivity contribution is 7.86. The van der Waals surface area contributed by atoms with Crippen molar-refractivity contribution in [3.63, 3.8) is 0 Å². The summed E-state index contributed by atoms with van der Waals surface area (Å²) >= 11 is 5.51. The molecule has 0 bridgehead atoms. The van der Waals surface area contributed by atoms with Crippen molar-refractivity contribution in [3.8, 4) is 0 Å². The van der Waals surface area contributed by atoms with Crippen LogP contribution in [0.3, 0.4) is 0 Å². The molecule has 1 aromatic rings. The predicted octanol–water partition coefficient (Wildman–Crippen LogP) is 2.46. The van der Waals surface area contributed by atoms with Crippen molar-refractivity contribution >= 4 is 21.8 Å². The number of hydrogen-bond donors (Lipinski definition) is 0. The predicted molar refractivity (Wildman–Crippen MR) is 50.0 cm³/mol. The van der Waals surface area contributed by atoms with Gasteiger partial charge in [-0.05, 0) is 24.1 Å². The van der Waals surface area contributed by atoms with Crippen molar-refractivity contribution in [2.45, 2.75) is 6.42 Å². The first-order valence-electron chi connectivity index (χ1n) is 3.85. The highest BCUT2D eigenvalue weighted by atomic mass is 35.5. The number of benzene rings is 1. The molecule has 0 amide bonds. The van der Waals surface area contributed by atoms with E-state index in [0.29, 0.717) is 0 Å². The molecule has 0 aromatic heterocycles. The molecule has 0 N–H and O–H groups in total. The van der Waals surface area contributed by atoms with Crippen LogP contribution in [-0.4, -0.2) is 14.2 Å². The zero-order chi connectivity index (χ0) is 11.6. The third-order valence-corrected chi connectivity index (χ3v) is 2.75. The van der Waals surface area contributed by atoms with Crippen molar-refractivity contribution in [1.29, 1.82) is 0 Å². The van der Waals surface area contributed by atoms with Crippen molar-refractivity contribution in [3.05, 3.63) is 34.4 Å². The van der Waals surface area contributed by atoms with Gasteiger partial charge in [0.15, 0.2) is 11.6 Å². The fourth-order valence-electron chi connectivity index (χ4n) is 0.987. The molecule has 0 aliphatic carbocycles. The Hall–Kier alpha value is -0.750. The van der Waals surface area contributed by atoms with Crippen LogP contribution in [-0.2, 0) is 16.6 Å². The average Bonchev–Trinajstić information content (AvgIpc) is 2.07. The average molecular weight is 259 g/mol. The van der Waals surface area contributed by atoms with Gasteiger partial charge < -0.3 is 0 Å². The molecule has 15 heavy (non-hydrogen) atoms. The van der Waals surface area contributed by atoms with Gasteiger partial charge in [-0.3, -0.25) is 0 Å². The number of rotatable bonds is 3. The molecular weight excluding hydrogens is 253 g/mol. The zero-order valence-corrected chi connectivity index (χ0v) is 8.88. The van der Waals surface area contributed by atoms with Crippen molar-refractivity contribution in [2.24, 2.45) is 0 Å². The van der Waals surface area contributed by atoms with Gasteiger partial charge in [0.25, 0.3) is 0 Å². The van der Waals surface area contributed by atoms with Crippen LogP contribution in [0.15, 0.2) is 12.1 Å². The summed E-state index contributed by atoms with van der Waals surface area (Å²) in [5.41, 5.74) is 0.0526. The second-order valence-corrected chi connectivity index (χ2v) is 4.74. The van der Waals surface area contributed by atoms with E-state index in [4.69, 9.17) is 11.6 Å². The minimum atomic E-state index is -4.64. The lowest BCUT2D eigenvalue weighted by Gasteiger charge is -2.03. The fourth-order valence-corrected chi connectivity index (χ4v) is 1.70. The minimum Gasteiger partial charge on any atom is -0.204 e. The lowest BCUT2D eigenvalue weighted by Crippen LogP contribution is -2.03. The van der Waals surface area contributed by atoms with Crippen LogP contribution >= 0.6 is 11.6 Å². The summed E-state index contributed by atoms with van der Waals surface area (Å²) in [5, 5.41) is -0.127. The Kier molecular flexibility index (Phi) is 3.62. The Morgan fingerprint density at radius 1 is 1.20 bits per heavy atom. The van der Waals surface area contributed by atoms with Gasteiger partial charge in [-0.1, -0.05) is 11.6 Å². The quantitative estimate of drug-likeness (QED) is 0.616. The normalized spacial score (nSPS) is 11.7. The molecule has 0 aliphatic heterocycles. The molecular formula is C8H6ClF3O2S. The standard InChI is InChI=1S/C8H6ClF3O2S/c9-6-4-8(11)7(10)3-5(6)1-2-15(12,13)14/h3-4H,1-2H2. The van der Waals surface area contributed by atoms with Gasteiger partial charge in [0.2, 0.25) is 0 Å². The number of hydrogen-bond acceptors (Lipinski definition) is 2. The van der Waals surface area contributed by atoms with Gasteiger partial charge in [-0.25, -0.2) is 8.78 Å². The first kappa shape index (κ1) is 12.3. The molecule has 0 heterocycles. The molecule has 84 valence electrons. The van der Waals surface area contributed by atoms with E-state index >= 15 is 0 Å². The van der Waals surface area contributed by atoms with E-state index in [2.05, 4.69) is 0 Å². The summed E-state index contributed by atoms with van der Waals surface area (Å²) < 4.78 is 57.8. The number of aryl methyl sites for hydroxylation is 1. The van der Waals surface area contributed by atoms with E-state index in [9.17, 15) is 21.1 Å². The molecule has 0 unspecified atom stereocenters. The van der Waals surface area contributed by atoms with Crippen LogP contribution < -0.4 is 0 Å². The lowest BCUT2D eigenvalue weighted by molar-refractivity contribution is 0.507. The van der Waals surface area contributed by atoms with E-state index in [0.717, 1.165) is 12.1 Å². The van der Waals surface area contributed by atoms with Crippen molar-refractivity contribution in [1.82, 2.24) is 0 Å². The highest BCUT2D eigenvalue weighted by Gasteiger charge is 2.12. The van der Waals surface area contributed by atoms with Gasteiger partial charge in [0, 0.05) is 5.02 Å². The Labute approximate surface area is 89.9 Å². The molecule has 2 nitrogen and oxygen atoms in total. The molecule has 0 aliphatic rings. The maximum absolute atomic E-state index is 12.7. The van der Waals surface area contributed by atoms with Crippen LogP contribution in [0.2, 0.25) is 5.02 Å². The van der Waals surface area contributed by atoms with Crippen molar-refractivity contribution in [2.75, 3.05) is 5.75 Å². The molecule has 0 saturated carbocycles. The largest absolute Gasteiger partial charge is 0.302 e. The molecule has 0 radical (unpaired) electrons. The lowest BCUT2D eigenvalue weighted by atomic mass is 10.1. The van der Waals surface area contributed by atoms with E-state index in [1.165, 1.54) is 0 Å². The first-order valence-corrected chi connectivity index (χ1v) is 5.78. The van der Waals surface area contributed by atoms with Crippen LogP contribution in [0.25, 0.3) is 0 Å². The van der Waals surface area contributed by atoms with E-state index in [-0.39, 0.29) is 17.0 Å². The number of halogens is 4. The summed E-state index contributed by atoms with van der Waals surface area (Å²) in [4.78, 5) is 0. The molecule has 0 spiro atoms. The van der Waals surface area contributed by atoms with E-state index in [1.54, 1.807) is 0 Å². The topological polar surface area (TPSA) is 34.1 Å². The molecule has 7 heteroatoms. The summed E-state index contributed by atoms with van der Waals surface area (Å²) in [7, 11) is -4.64. The highest BCUT2D eigenvalue weighted by Crippen LogP contribution is 2.20. The Morgan fingerprint density at radius 2 is 1.73 bits per heavy atom. The Bertz CT molecular complexity index is 473. The summed E-state index contributed by atoms with van der Waals surface area (Å²) in [6.45, 7) is 0. The third-order valence-electron chi connectivity index (χ3n) is 1.70. The summed E-state index contributed by atoms with van der Waals surface area (Å²) in [5.74, 6) is -3.09. The maximum Gasteiger partial charge on any atom is 0.302 e. The summed E-state index contributed by atoms with van der Waals surface area (Å²) in [6.07, 6.45) is -0.297. The second-order valence-electron chi connectivity index (χ2n) is 2.85. The molecule has 1 rings (SSSR count). The van der Waals surface area contributed by atoms with Gasteiger partial charge in [0.1, 0.15) is 0 Å². The van der Waals surface area contributed by atoms with Crippen molar-refractivity contribution < 1.29 is 21.1 Å². The molecule has 0 fully saturated rings. The van der Waals surface area contributed by atoms with Crippen LogP contribution in [0.4, 0.5) is 12.7 Å². The smallest absolute Gasteiger partial charge is 0.204 e. The Balaban J connectivity index is 2.91. The molecule has 0 atom stereocenters. The van der Waals surface area contributed by atoms with Gasteiger partial charge in [-0.2, -0.15) is 8.42 Å². The monoisotopic (exact) mass is 258 g/mol. The van der Waals surface area contributed by atoms with Gasteiger partial charge in [0.05, 0.1) is 5.75 Å². The molecule has 1 aromatic carbocycles. The van der Waals surface area contributed by atoms with Gasteiger partial charge >= 0.3 is 10.2 Å². The van der Waals surface area contributed by atoms with Crippen LogP contribution in [0, 0.1) is 11.6 Å². The summed E-state index contributed by atoms with van der Waals surface area (Å²) in [6, 6.07) is 1.47. The maximum atomic E-state index is 12.7. The fraction of sp³-hybridized carbons (Fsp3) is 0.250. The second kappa shape index (κ2) is 4.40. The third kappa shape index (κ3) is 3.71. The first-order chi connectivity index (χ1) is 6.79.